The van der Waals surface area contributed by atoms with Gasteiger partial charge in [-0.3, -0.25) is 14.6 Å². The van der Waals surface area contributed by atoms with E-state index in [2.05, 4.69) is 15.6 Å². The van der Waals surface area contributed by atoms with E-state index in [0.717, 1.165) is 5.56 Å². The third-order valence-electron chi connectivity index (χ3n) is 3.84. The van der Waals surface area contributed by atoms with Crippen molar-refractivity contribution in [2.75, 3.05) is 5.32 Å². The lowest BCUT2D eigenvalue weighted by Crippen LogP contribution is -2.27. The van der Waals surface area contributed by atoms with E-state index in [1.165, 1.54) is 0 Å². The maximum Gasteiger partial charge on any atom is 0.228 e. The first-order valence-corrected chi connectivity index (χ1v) is 8.22. The SMILES string of the molecule is O=C(NCc1cccnc1)C1CC1C(=O)Nc1ccc(Cl)c(Cl)c1. The predicted molar refractivity (Wildman–Crippen MR) is 92.8 cm³/mol. The van der Waals surface area contributed by atoms with Crippen LogP contribution < -0.4 is 10.6 Å². The van der Waals surface area contributed by atoms with Crippen molar-refractivity contribution in [2.24, 2.45) is 11.8 Å². The lowest BCUT2D eigenvalue weighted by Gasteiger charge is -2.07. The Bertz CT molecular complexity index is 768. The van der Waals surface area contributed by atoms with Crippen LogP contribution in [-0.4, -0.2) is 16.8 Å². The molecule has 0 spiro atoms. The molecule has 124 valence electrons. The van der Waals surface area contributed by atoms with Crippen molar-refractivity contribution in [1.29, 1.82) is 0 Å². The van der Waals surface area contributed by atoms with Gasteiger partial charge in [-0.25, -0.2) is 0 Å². The Hall–Kier alpha value is -2.11. The standard InChI is InChI=1S/C17H15Cl2N3O2/c18-14-4-3-11(6-15(14)19)22-17(24)13-7-12(13)16(23)21-9-10-2-1-5-20-8-10/h1-6,8,12-13H,7,9H2,(H,21,23)(H,22,24). The Labute approximate surface area is 149 Å². The number of aromatic nitrogens is 1. The first kappa shape index (κ1) is 16.7. The highest BCUT2D eigenvalue weighted by atomic mass is 35.5. The van der Waals surface area contributed by atoms with Crippen molar-refractivity contribution in [3.63, 3.8) is 0 Å². The molecule has 1 heterocycles. The maximum absolute atomic E-state index is 12.2. The molecular weight excluding hydrogens is 349 g/mol. The van der Waals surface area contributed by atoms with Gasteiger partial charge in [0.2, 0.25) is 11.8 Å². The fraction of sp³-hybridized carbons (Fsp3) is 0.235. The lowest BCUT2D eigenvalue weighted by molar-refractivity contribution is -0.125. The first-order chi connectivity index (χ1) is 11.5. The molecule has 1 fully saturated rings. The molecule has 0 aliphatic heterocycles. The Kier molecular flexibility index (Phi) is 5.02. The molecule has 2 N–H and O–H groups in total. The van der Waals surface area contributed by atoms with E-state index in [0.29, 0.717) is 28.7 Å². The minimum atomic E-state index is -0.312. The van der Waals surface area contributed by atoms with Gasteiger partial charge in [0.15, 0.2) is 0 Å². The summed E-state index contributed by atoms with van der Waals surface area (Å²) in [6.07, 6.45) is 3.92. The van der Waals surface area contributed by atoms with E-state index in [1.807, 2.05) is 12.1 Å². The fourth-order valence-corrected chi connectivity index (χ4v) is 2.70. The van der Waals surface area contributed by atoms with Crippen molar-refractivity contribution in [1.82, 2.24) is 10.3 Å². The van der Waals surface area contributed by atoms with Crippen LogP contribution in [0.2, 0.25) is 10.0 Å². The largest absolute Gasteiger partial charge is 0.352 e. The van der Waals surface area contributed by atoms with Gasteiger partial charge in [0.1, 0.15) is 0 Å². The molecule has 5 nitrogen and oxygen atoms in total. The third-order valence-corrected chi connectivity index (χ3v) is 4.58. The van der Waals surface area contributed by atoms with E-state index < -0.39 is 0 Å². The van der Waals surface area contributed by atoms with E-state index in [-0.39, 0.29) is 23.7 Å². The molecule has 0 saturated heterocycles. The molecular formula is C17H15Cl2N3O2. The van der Waals surface area contributed by atoms with Gasteiger partial charge in [-0.2, -0.15) is 0 Å². The maximum atomic E-state index is 12.2. The van der Waals surface area contributed by atoms with Crippen molar-refractivity contribution in [3.05, 3.63) is 58.3 Å². The zero-order valence-corrected chi connectivity index (χ0v) is 14.1. The molecule has 7 heteroatoms. The topological polar surface area (TPSA) is 71.1 Å². The average Bonchev–Trinajstić information content (AvgIpc) is 3.38. The van der Waals surface area contributed by atoms with E-state index in [4.69, 9.17) is 23.2 Å². The molecule has 2 amide bonds. The molecule has 1 aliphatic carbocycles. The Balaban J connectivity index is 1.49. The summed E-state index contributed by atoms with van der Waals surface area (Å²) in [6, 6.07) is 8.57. The monoisotopic (exact) mass is 363 g/mol. The quantitative estimate of drug-likeness (QED) is 0.855. The normalized spacial score (nSPS) is 18.8. The zero-order chi connectivity index (χ0) is 17.1. The van der Waals surface area contributed by atoms with Crippen LogP contribution >= 0.6 is 23.2 Å². The number of amides is 2. The van der Waals surface area contributed by atoms with Crippen LogP contribution in [-0.2, 0) is 16.1 Å². The summed E-state index contributed by atoms with van der Waals surface area (Å²) in [5.41, 5.74) is 1.49. The minimum absolute atomic E-state index is 0.117. The summed E-state index contributed by atoms with van der Waals surface area (Å²) in [5.74, 6) is -0.902. The smallest absolute Gasteiger partial charge is 0.228 e. The average molecular weight is 364 g/mol. The summed E-state index contributed by atoms with van der Waals surface area (Å²) in [4.78, 5) is 28.3. The van der Waals surface area contributed by atoms with Gasteiger partial charge in [-0.05, 0) is 36.2 Å². The molecule has 24 heavy (non-hydrogen) atoms. The molecule has 1 aromatic heterocycles. The number of hydrogen-bond acceptors (Lipinski definition) is 3. The second-order valence-corrected chi connectivity index (χ2v) is 6.46. The Morgan fingerprint density at radius 3 is 2.62 bits per heavy atom. The number of hydrogen-bond donors (Lipinski definition) is 2. The van der Waals surface area contributed by atoms with Crippen molar-refractivity contribution >= 4 is 40.7 Å². The number of benzene rings is 1. The summed E-state index contributed by atoms with van der Waals surface area (Å²) in [5, 5.41) is 6.38. The highest BCUT2D eigenvalue weighted by molar-refractivity contribution is 6.42. The molecule has 0 bridgehead atoms. The number of halogens is 2. The van der Waals surface area contributed by atoms with Crippen molar-refractivity contribution in [2.45, 2.75) is 13.0 Å². The predicted octanol–water partition coefficient (Wildman–Crippen LogP) is 3.28. The fourth-order valence-electron chi connectivity index (χ4n) is 2.41. The number of carbonyl (C=O) groups excluding carboxylic acids is 2. The molecule has 2 aromatic rings. The summed E-state index contributed by atoms with van der Waals surface area (Å²) >= 11 is 11.8. The van der Waals surface area contributed by atoms with E-state index >= 15 is 0 Å². The highest BCUT2D eigenvalue weighted by Crippen LogP contribution is 2.39. The van der Waals surface area contributed by atoms with Crippen LogP contribution in [0.15, 0.2) is 42.7 Å². The lowest BCUT2D eigenvalue weighted by atomic mass is 10.2. The molecule has 1 aromatic carbocycles. The first-order valence-electron chi connectivity index (χ1n) is 7.47. The molecule has 0 radical (unpaired) electrons. The molecule has 3 rings (SSSR count). The van der Waals surface area contributed by atoms with Gasteiger partial charge in [-0.1, -0.05) is 29.3 Å². The van der Waals surface area contributed by atoms with Gasteiger partial charge in [-0.15, -0.1) is 0 Å². The Morgan fingerprint density at radius 2 is 1.92 bits per heavy atom. The third kappa shape index (κ3) is 4.04. The second kappa shape index (κ2) is 7.20. The number of anilines is 1. The van der Waals surface area contributed by atoms with Crippen LogP contribution in [0.3, 0.4) is 0 Å². The molecule has 1 saturated carbocycles. The summed E-state index contributed by atoms with van der Waals surface area (Å²) in [7, 11) is 0. The van der Waals surface area contributed by atoms with Crippen LogP contribution in [0.4, 0.5) is 5.69 Å². The molecule has 1 aliphatic rings. The van der Waals surface area contributed by atoms with E-state index in [1.54, 1.807) is 30.6 Å². The van der Waals surface area contributed by atoms with Crippen LogP contribution in [0, 0.1) is 11.8 Å². The molecule has 2 atom stereocenters. The van der Waals surface area contributed by atoms with Gasteiger partial charge in [0, 0.05) is 24.6 Å². The van der Waals surface area contributed by atoms with Crippen LogP contribution in [0.5, 0.6) is 0 Å². The number of nitrogens with zero attached hydrogens (tertiary/aromatic N) is 1. The zero-order valence-electron chi connectivity index (χ0n) is 12.6. The molecule has 2 unspecified atom stereocenters. The Morgan fingerprint density at radius 1 is 1.12 bits per heavy atom. The second-order valence-electron chi connectivity index (χ2n) is 5.65. The van der Waals surface area contributed by atoms with Gasteiger partial charge < -0.3 is 10.6 Å². The number of carbonyl (C=O) groups is 2. The highest BCUT2D eigenvalue weighted by Gasteiger charge is 2.47. The van der Waals surface area contributed by atoms with Crippen LogP contribution in [0.25, 0.3) is 0 Å². The van der Waals surface area contributed by atoms with Crippen molar-refractivity contribution < 1.29 is 9.59 Å². The van der Waals surface area contributed by atoms with Crippen LogP contribution in [0.1, 0.15) is 12.0 Å². The van der Waals surface area contributed by atoms with Gasteiger partial charge >= 0.3 is 0 Å². The van der Waals surface area contributed by atoms with Gasteiger partial charge in [0.25, 0.3) is 0 Å². The number of nitrogens with one attached hydrogen (secondary N) is 2. The number of pyridine rings is 1. The number of rotatable bonds is 5. The summed E-state index contributed by atoms with van der Waals surface area (Å²) < 4.78 is 0. The minimum Gasteiger partial charge on any atom is -0.352 e. The summed E-state index contributed by atoms with van der Waals surface area (Å²) in [6.45, 7) is 0.407. The van der Waals surface area contributed by atoms with Gasteiger partial charge in [0.05, 0.1) is 21.9 Å². The van der Waals surface area contributed by atoms with Crippen molar-refractivity contribution in [3.8, 4) is 0 Å². The van der Waals surface area contributed by atoms with E-state index in [9.17, 15) is 9.59 Å².